The topological polar surface area (TPSA) is 98.9 Å². The third kappa shape index (κ3) is 4.65. The molecule has 142 valence electrons. The highest BCUT2D eigenvalue weighted by Crippen LogP contribution is 2.33. The van der Waals surface area contributed by atoms with E-state index in [1.165, 1.54) is 0 Å². The van der Waals surface area contributed by atoms with Gasteiger partial charge in [-0.15, -0.1) is 0 Å². The van der Waals surface area contributed by atoms with Crippen molar-refractivity contribution in [2.45, 2.75) is 40.2 Å². The second-order valence-corrected chi connectivity index (χ2v) is 6.45. The molecule has 0 saturated carbocycles. The number of ether oxygens (including phenoxy) is 1. The van der Waals surface area contributed by atoms with Crippen LogP contribution in [0.1, 0.15) is 31.7 Å². The molecule has 1 N–H and O–H groups in total. The summed E-state index contributed by atoms with van der Waals surface area (Å²) < 4.78 is 10.9. The molecule has 3 aromatic heterocycles. The van der Waals surface area contributed by atoms with Gasteiger partial charge in [0, 0.05) is 37.3 Å². The smallest absolute Gasteiger partial charge is 0.223 e. The Balaban J connectivity index is 1.88. The maximum absolute atomic E-state index is 5.55. The largest absolute Gasteiger partial charge is 0.379 e. The highest BCUT2D eigenvalue weighted by atomic mass is 16.5. The number of aromatic nitrogens is 5. The van der Waals surface area contributed by atoms with Gasteiger partial charge in [0.25, 0.3) is 0 Å². The van der Waals surface area contributed by atoms with Crippen LogP contribution in [-0.2, 0) is 4.74 Å². The van der Waals surface area contributed by atoms with E-state index in [0.717, 1.165) is 35.5 Å². The third-order valence-corrected chi connectivity index (χ3v) is 3.95. The molecule has 3 aromatic rings. The Bertz CT molecular complexity index is 860. The van der Waals surface area contributed by atoms with Gasteiger partial charge in [0.15, 0.2) is 0 Å². The zero-order valence-corrected chi connectivity index (χ0v) is 16.1. The van der Waals surface area contributed by atoms with E-state index in [9.17, 15) is 0 Å². The van der Waals surface area contributed by atoms with Crippen LogP contribution in [0.2, 0.25) is 0 Å². The Morgan fingerprint density at radius 1 is 1.15 bits per heavy atom. The molecule has 0 spiro atoms. The van der Waals surface area contributed by atoms with E-state index >= 15 is 0 Å². The van der Waals surface area contributed by atoms with Gasteiger partial charge in [0.05, 0.1) is 34.9 Å². The Morgan fingerprint density at radius 3 is 2.67 bits per heavy atom. The summed E-state index contributed by atoms with van der Waals surface area (Å²) in [6, 6.07) is 0. The van der Waals surface area contributed by atoms with Gasteiger partial charge in [0.1, 0.15) is 5.76 Å². The molecule has 0 atom stereocenters. The van der Waals surface area contributed by atoms with Crippen LogP contribution < -0.4 is 5.32 Å². The average molecular weight is 368 g/mol. The van der Waals surface area contributed by atoms with Crippen LogP contribution >= 0.6 is 0 Å². The molecule has 0 unspecified atom stereocenters. The van der Waals surface area contributed by atoms with Crippen LogP contribution in [0.3, 0.4) is 0 Å². The molecule has 0 fully saturated rings. The molecule has 0 saturated heterocycles. The monoisotopic (exact) mass is 368 g/mol. The number of rotatable bonds is 8. The van der Waals surface area contributed by atoms with Crippen LogP contribution in [0.25, 0.3) is 22.5 Å². The lowest BCUT2D eigenvalue weighted by atomic mass is 10.0. The fourth-order valence-electron chi connectivity index (χ4n) is 2.70. The van der Waals surface area contributed by atoms with Crippen molar-refractivity contribution < 1.29 is 9.26 Å². The van der Waals surface area contributed by atoms with Crippen LogP contribution in [0, 0.1) is 13.8 Å². The quantitative estimate of drug-likeness (QED) is 0.604. The predicted molar refractivity (Wildman–Crippen MR) is 102 cm³/mol. The normalized spacial score (nSPS) is 11.1. The maximum atomic E-state index is 5.55. The summed E-state index contributed by atoms with van der Waals surface area (Å²) in [6.07, 6.45) is 7.83. The van der Waals surface area contributed by atoms with Gasteiger partial charge >= 0.3 is 0 Å². The van der Waals surface area contributed by atoms with Crippen molar-refractivity contribution in [3.63, 3.8) is 0 Å². The van der Waals surface area contributed by atoms with Gasteiger partial charge in [-0.3, -0.25) is 9.97 Å². The molecule has 8 nitrogen and oxygen atoms in total. The third-order valence-electron chi connectivity index (χ3n) is 3.95. The van der Waals surface area contributed by atoms with Gasteiger partial charge in [-0.2, -0.15) is 0 Å². The van der Waals surface area contributed by atoms with E-state index in [1.807, 2.05) is 27.7 Å². The molecule has 27 heavy (non-hydrogen) atoms. The lowest BCUT2D eigenvalue weighted by Crippen LogP contribution is -2.11. The van der Waals surface area contributed by atoms with Crippen LogP contribution in [0.4, 0.5) is 5.95 Å². The van der Waals surface area contributed by atoms with E-state index in [-0.39, 0.29) is 6.10 Å². The van der Waals surface area contributed by atoms with E-state index in [2.05, 4.69) is 25.4 Å². The first kappa shape index (κ1) is 18.9. The summed E-state index contributed by atoms with van der Waals surface area (Å²) in [5, 5.41) is 7.30. The molecule has 0 bridgehead atoms. The van der Waals surface area contributed by atoms with Crippen LogP contribution in [0.15, 0.2) is 29.3 Å². The molecular formula is C19H24N6O2. The van der Waals surface area contributed by atoms with Crippen molar-refractivity contribution in [3.8, 4) is 22.5 Å². The summed E-state index contributed by atoms with van der Waals surface area (Å²) >= 11 is 0. The van der Waals surface area contributed by atoms with Crippen molar-refractivity contribution in [1.82, 2.24) is 25.1 Å². The number of aryl methyl sites for hydroxylation is 2. The first-order chi connectivity index (χ1) is 13.1. The first-order valence-electron chi connectivity index (χ1n) is 8.98. The van der Waals surface area contributed by atoms with Crippen molar-refractivity contribution in [1.29, 1.82) is 0 Å². The van der Waals surface area contributed by atoms with Gasteiger partial charge in [-0.1, -0.05) is 5.16 Å². The van der Waals surface area contributed by atoms with Gasteiger partial charge in [-0.05, 0) is 34.1 Å². The Hall–Kier alpha value is -2.87. The Labute approximate surface area is 158 Å². The highest BCUT2D eigenvalue weighted by Gasteiger charge is 2.19. The summed E-state index contributed by atoms with van der Waals surface area (Å²) in [5.74, 6) is 1.25. The standard InChI is InChI=1S/C19H24N6O2/c1-12(2)26-9-5-6-22-19-23-10-15(16-11-20-7-8-21-16)18(24-19)17-13(3)25-27-14(17)4/h7-8,10-12H,5-6,9H2,1-4H3,(H,22,23,24). The van der Waals surface area contributed by atoms with Crippen LogP contribution in [0.5, 0.6) is 0 Å². The molecule has 0 radical (unpaired) electrons. The Kier molecular flexibility index (Phi) is 6.08. The molecule has 8 heteroatoms. The van der Waals surface area contributed by atoms with E-state index in [1.54, 1.807) is 24.8 Å². The number of nitrogens with one attached hydrogen (secondary N) is 1. The van der Waals surface area contributed by atoms with E-state index < -0.39 is 0 Å². The number of hydrogen-bond donors (Lipinski definition) is 1. The lowest BCUT2D eigenvalue weighted by molar-refractivity contribution is 0.0787. The average Bonchev–Trinajstić information content (AvgIpc) is 3.00. The zero-order chi connectivity index (χ0) is 19.2. The number of anilines is 1. The molecular weight excluding hydrogens is 344 g/mol. The Morgan fingerprint density at radius 2 is 2.00 bits per heavy atom. The van der Waals surface area contributed by atoms with E-state index in [0.29, 0.717) is 24.0 Å². The number of hydrogen-bond acceptors (Lipinski definition) is 8. The minimum absolute atomic E-state index is 0.235. The molecule has 3 heterocycles. The summed E-state index contributed by atoms with van der Waals surface area (Å²) in [6.45, 7) is 9.23. The fraction of sp³-hybridized carbons (Fsp3) is 0.421. The molecule has 0 aliphatic carbocycles. The fourth-order valence-corrected chi connectivity index (χ4v) is 2.70. The maximum Gasteiger partial charge on any atom is 0.223 e. The van der Waals surface area contributed by atoms with E-state index in [4.69, 9.17) is 14.2 Å². The second-order valence-electron chi connectivity index (χ2n) is 6.45. The van der Waals surface area contributed by atoms with Crippen molar-refractivity contribution in [2.24, 2.45) is 0 Å². The van der Waals surface area contributed by atoms with Crippen molar-refractivity contribution in [3.05, 3.63) is 36.2 Å². The molecule has 0 aliphatic rings. The lowest BCUT2D eigenvalue weighted by Gasteiger charge is -2.11. The molecule has 0 aromatic carbocycles. The number of nitrogens with zero attached hydrogens (tertiary/aromatic N) is 5. The summed E-state index contributed by atoms with van der Waals surface area (Å²) in [7, 11) is 0. The SMILES string of the molecule is Cc1noc(C)c1-c1nc(NCCCOC(C)C)ncc1-c1cnccn1. The molecule has 3 rings (SSSR count). The zero-order valence-electron chi connectivity index (χ0n) is 16.1. The van der Waals surface area contributed by atoms with Crippen LogP contribution in [-0.4, -0.2) is 44.3 Å². The first-order valence-corrected chi connectivity index (χ1v) is 8.98. The van der Waals surface area contributed by atoms with Crippen molar-refractivity contribution in [2.75, 3.05) is 18.5 Å². The molecule has 0 amide bonds. The minimum atomic E-state index is 0.235. The second kappa shape index (κ2) is 8.68. The summed E-state index contributed by atoms with van der Waals surface area (Å²) in [4.78, 5) is 17.7. The minimum Gasteiger partial charge on any atom is -0.379 e. The van der Waals surface area contributed by atoms with Crippen molar-refractivity contribution >= 4 is 5.95 Å². The van der Waals surface area contributed by atoms with Gasteiger partial charge < -0.3 is 14.6 Å². The van der Waals surface area contributed by atoms with Gasteiger partial charge in [-0.25, -0.2) is 9.97 Å². The highest BCUT2D eigenvalue weighted by molar-refractivity contribution is 5.80. The summed E-state index contributed by atoms with van der Waals surface area (Å²) in [5.41, 5.74) is 3.83. The van der Waals surface area contributed by atoms with Gasteiger partial charge in [0.2, 0.25) is 5.95 Å². The predicted octanol–water partition coefficient (Wildman–Crippen LogP) is 3.43. The molecule has 0 aliphatic heterocycles.